The first kappa shape index (κ1) is 22.4. The van der Waals surface area contributed by atoms with Gasteiger partial charge in [-0.25, -0.2) is 0 Å². The van der Waals surface area contributed by atoms with E-state index in [0.29, 0.717) is 5.56 Å². The van der Waals surface area contributed by atoms with Gasteiger partial charge in [-0.1, -0.05) is 46.3 Å². The normalized spacial score (nSPS) is 19.8. The third-order valence-electron chi connectivity index (χ3n) is 8.84. The van der Waals surface area contributed by atoms with Crippen LogP contribution in [-0.2, 0) is 11.8 Å². The summed E-state index contributed by atoms with van der Waals surface area (Å²) in [6, 6.07) is 14.0. The van der Waals surface area contributed by atoms with Crippen molar-refractivity contribution in [1.29, 1.82) is 5.26 Å². The van der Waals surface area contributed by atoms with Gasteiger partial charge < -0.3 is 9.88 Å². The molecule has 6 rings (SSSR count). The van der Waals surface area contributed by atoms with Gasteiger partial charge in [-0.2, -0.15) is 5.26 Å². The van der Waals surface area contributed by atoms with Crippen molar-refractivity contribution in [2.45, 2.75) is 64.3 Å². The Morgan fingerprint density at radius 3 is 2.54 bits per heavy atom. The lowest BCUT2D eigenvalue weighted by atomic mass is 9.69. The summed E-state index contributed by atoms with van der Waals surface area (Å²) in [5, 5.41) is 10.6. The zero-order valence-electron chi connectivity index (χ0n) is 21.4. The number of H-pyrrole nitrogens is 1. The quantitative estimate of drug-likeness (QED) is 0.488. The van der Waals surface area contributed by atoms with E-state index in [1.807, 2.05) is 12.1 Å². The molecule has 3 aromatic rings. The second-order valence-electron chi connectivity index (χ2n) is 11.2. The molecule has 2 aromatic carbocycles. The Kier molecular flexibility index (Phi) is 5.31. The number of aromatic nitrogens is 1. The maximum absolute atomic E-state index is 9.41. The molecule has 1 aliphatic heterocycles. The molecular formula is C31H36N4. The molecule has 2 fully saturated rings. The highest BCUT2D eigenvalue weighted by Crippen LogP contribution is 2.50. The van der Waals surface area contributed by atoms with Gasteiger partial charge in [0.25, 0.3) is 0 Å². The molecule has 0 spiro atoms. The van der Waals surface area contributed by atoms with Gasteiger partial charge in [-0.05, 0) is 65.8 Å². The number of aryl methyl sites for hydroxylation is 1. The number of anilines is 1. The second kappa shape index (κ2) is 8.28. The molecular weight excluding hydrogens is 428 g/mol. The molecule has 1 N–H and O–H groups in total. The summed E-state index contributed by atoms with van der Waals surface area (Å²) in [5.41, 5.74) is 10.6. The van der Waals surface area contributed by atoms with Gasteiger partial charge in [0.15, 0.2) is 0 Å². The first-order chi connectivity index (χ1) is 16.9. The zero-order valence-corrected chi connectivity index (χ0v) is 21.4. The number of piperazine rings is 1. The van der Waals surface area contributed by atoms with Gasteiger partial charge in [-0.15, -0.1) is 0 Å². The van der Waals surface area contributed by atoms with E-state index in [0.717, 1.165) is 48.4 Å². The summed E-state index contributed by atoms with van der Waals surface area (Å²) < 4.78 is 0. The SMILES string of the molecule is C=C1c2cc(CCC)c(N3CCN(C4CCC4)CC3)cc2C(C)(C)c2[nH]c3cc(C#N)ccc3c21. The number of fused-ring (bicyclic) bond motifs is 4. The van der Waals surface area contributed by atoms with Crippen LogP contribution < -0.4 is 4.90 Å². The van der Waals surface area contributed by atoms with E-state index in [-0.39, 0.29) is 5.41 Å². The molecule has 0 atom stereocenters. The Hall–Kier alpha value is -3.03. The van der Waals surface area contributed by atoms with Crippen LogP contribution in [0.4, 0.5) is 5.69 Å². The van der Waals surface area contributed by atoms with E-state index in [9.17, 15) is 5.26 Å². The Morgan fingerprint density at radius 1 is 1.11 bits per heavy atom. The number of benzene rings is 2. The summed E-state index contributed by atoms with van der Waals surface area (Å²) >= 11 is 0. The Morgan fingerprint density at radius 2 is 1.89 bits per heavy atom. The number of nitriles is 1. The fourth-order valence-corrected chi connectivity index (χ4v) is 6.56. The smallest absolute Gasteiger partial charge is 0.0992 e. The molecule has 0 amide bonds. The van der Waals surface area contributed by atoms with Crippen molar-refractivity contribution in [1.82, 2.24) is 9.88 Å². The van der Waals surface area contributed by atoms with Crippen molar-refractivity contribution >= 4 is 22.2 Å². The Balaban J connectivity index is 1.43. The molecule has 3 aliphatic rings. The summed E-state index contributed by atoms with van der Waals surface area (Å²) in [7, 11) is 0. The van der Waals surface area contributed by atoms with Crippen molar-refractivity contribution in [3.63, 3.8) is 0 Å². The molecule has 2 aliphatic carbocycles. The highest BCUT2D eigenvalue weighted by molar-refractivity contribution is 6.01. The molecule has 4 nitrogen and oxygen atoms in total. The summed E-state index contributed by atoms with van der Waals surface area (Å²) in [5.74, 6) is 0. The molecule has 4 heteroatoms. The number of nitrogens with zero attached hydrogens (tertiary/aromatic N) is 3. The van der Waals surface area contributed by atoms with Crippen LogP contribution in [0.2, 0.25) is 0 Å². The minimum absolute atomic E-state index is 0.176. The van der Waals surface area contributed by atoms with Crippen molar-refractivity contribution in [3.05, 3.63) is 70.4 Å². The minimum atomic E-state index is -0.176. The predicted octanol–water partition coefficient (Wildman–Crippen LogP) is 6.37. The van der Waals surface area contributed by atoms with Crippen LogP contribution >= 0.6 is 0 Å². The summed E-state index contributed by atoms with van der Waals surface area (Å²) in [6.45, 7) is 16.1. The average molecular weight is 465 g/mol. The molecule has 1 aromatic heterocycles. The van der Waals surface area contributed by atoms with Crippen LogP contribution in [-0.4, -0.2) is 42.1 Å². The van der Waals surface area contributed by atoms with Gasteiger partial charge in [0, 0.05) is 65.5 Å². The monoisotopic (exact) mass is 464 g/mol. The second-order valence-corrected chi connectivity index (χ2v) is 11.2. The fourth-order valence-electron chi connectivity index (χ4n) is 6.56. The molecule has 1 saturated heterocycles. The maximum Gasteiger partial charge on any atom is 0.0992 e. The van der Waals surface area contributed by atoms with E-state index in [2.05, 4.69) is 66.4 Å². The largest absolute Gasteiger partial charge is 0.369 e. The van der Waals surface area contributed by atoms with Crippen LogP contribution in [0, 0.1) is 11.3 Å². The molecule has 2 heterocycles. The highest BCUT2D eigenvalue weighted by atomic mass is 15.3. The number of nitrogens with one attached hydrogen (secondary N) is 1. The highest BCUT2D eigenvalue weighted by Gasteiger charge is 2.38. The zero-order chi connectivity index (χ0) is 24.3. The van der Waals surface area contributed by atoms with Crippen molar-refractivity contribution in [3.8, 4) is 6.07 Å². The van der Waals surface area contributed by atoms with E-state index in [1.165, 1.54) is 66.0 Å². The Labute approximate surface area is 209 Å². The molecule has 0 radical (unpaired) electrons. The molecule has 35 heavy (non-hydrogen) atoms. The standard InChI is InChI=1S/C31H36N4/c1-5-7-22-17-25-20(2)29-24-11-10-21(19-32)16-27(24)33-30(29)31(3,4)26(25)18-28(22)35-14-12-34(13-15-35)23-8-6-9-23/h10-11,16-18,23,33H,2,5-9,12-15H2,1,3-4H3. The molecule has 1 saturated carbocycles. The maximum atomic E-state index is 9.41. The van der Waals surface area contributed by atoms with Crippen molar-refractivity contribution in [2.24, 2.45) is 0 Å². The van der Waals surface area contributed by atoms with Gasteiger partial charge in [-0.3, -0.25) is 4.90 Å². The average Bonchev–Trinajstić information content (AvgIpc) is 3.22. The first-order valence-electron chi connectivity index (χ1n) is 13.3. The number of hydrogen-bond acceptors (Lipinski definition) is 3. The minimum Gasteiger partial charge on any atom is -0.369 e. The molecule has 0 bridgehead atoms. The van der Waals surface area contributed by atoms with E-state index >= 15 is 0 Å². The number of rotatable bonds is 4. The lowest BCUT2D eigenvalue weighted by Crippen LogP contribution is -2.52. The van der Waals surface area contributed by atoms with Crippen LogP contribution in [0.15, 0.2) is 36.9 Å². The van der Waals surface area contributed by atoms with E-state index in [4.69, 9.17) is 0 Å². The van der Waals surface area contributed by atoms with E-state index in [1.54, 1.807) is 0 Å². The third kappa shape index (κ3) is 3.44. The number of hydrogen-bond donors (Lipinski definition) is 1. The van der Waals surface area contributed by atoms with Crippen LogP contribution in [0.25, 0.3) is 16.5 Å². The number of aromatic amines is 1. The topological polar surface area (TPSA) is 46.1 Å². The van der Waals surface area contributed by atoms with Gasteiger partial charge in [0.2, 0.25) is 0 Å². The first-order valence-corrected chi connectivity index (χ1v) is 13.3. The van der Waals surface area contributed by atoms with Gasteiger partial charge >= 0.3 is 0 Å². The van der Waals surface area contributed by atoms with Crippen molar-refractivity contribution in [2.75, 3.05) is 31.1 Å². The van der Waals surface area contributed by atoms with Crippen LogP contribution in [0.3, 0.4) is 0 Å². The lowest BCUT2D eigenvalue weighted by Gasteiger charge is -2.44. The summed E-state index contributed by atoms with van der Waals surface area (Å²) in [4.78, 5) is 9.05. The summed E-state index contributed by atoms with van der Waals surface area (Å²) in [6.07, 6.45) is 6.41. The fraction of sp³-hybridized carbons (Fsp3) is 0.452. The molecule has 180 valence electrons. The van der Waals surface area contributed by atoms with Gasteiger partial charge in [0.05, 0.1) is 11.6 Å². The Bertz CT molecular complexity index is 1360. The van der Waals surface area contributed by atoms with E-state index < -0.39 is 0 Å². The third-order valence-corrected chi connectivity index (χ3v) is 8.84. The van der Waals surface area contributed by atoms with Crippen molar-refractivity contribution < 1.29 is 0 Å². The lowest BCUT2D eigenvalue weighted by molar-refractivity contribution is 0.120. The van der Waals surface area contributed by atoms with Gasteiger partial charge in [0.1, 0.15) is 0 Å². The van der Waals surface area contributed by atoms with Crippen LogP contribution in [0.5, 0.6) is 0 Å². The predicted molar refractivity (Wildman–Crippen MR) is 145 cm³/mol. The van der Waals surface area contributed by atoms with Crippen LogP contribution in [0.1, 0.15) is 80.0 Å². The molecule has 0 unspecified atom stereocenters.